The number of H-pyrrole nitrogens is 1. The molecule has 196 valence electrons. The number of likely N-dealkylation sites (N-methyl/N-ethyl adjacent to an activating group) is 1. The molecule has 0 bridgehead atoms. The molecule has 0 unspecified atom stereocenters. The summed E-state index contributed by atoms with van der Waals surface area (Å²) in [5, 5.41) is 15.1. The Morgan fingerprint density at radius 2 is 1.95 bits per heavy atom. The van der Waals surface area contributed by atoms with Crippen LogP contribution in [0.4, 0.5) is 5.69 Å². The SMILES string of the molecule is CCN(CC)CCNC(=O)c1c(C)[nH]c(/C=C2\C(=O)Nc3ccc(SCc4cccc(C#N)c4)cc32)c1C. The zero-order valence-corrected chi connectivity index (χ0v) is 23.1. The molecular formula is C30H33N5O2S. The van der Waals surface area contributed by atoms with Crippen LogP contribution < -0.4 is 10.6 Å². The van der Waals surface area contributed by atoms with Crippen molar-refractivity contribution in [1.29, 1.82) is 5.26 Å². The van der Waals surface area contributed by atoms with Crippen LogP contribution in [0.2, 0.25) is 0 Å². The molecule has 4 rings (SSSR count). The summed E-state index contributed by atoms with van der Waals surface area (Å²) in [5.41, 5.74) is 6.85. The van der Waals surface area contributed by atoms with E-state index in [4.69, 9.17) is 5.26 Å². The number of anilines is 1. The Labute approximate surface area is 228 Å². The van der Waals surface area contributed by atoms with Gasteiger partial charge in [-0.05, 0) is 74.5 Å². The maximum atomic E-state index is 13.0. The van der Waals surface area contributed by atoms with E-state index in [9.17, 15) is 9.59 Å². The van der Waals surface area contributed by atoms with Crippen LogP contribution in [-0.4, -0.2) is 47.9 Å². The summed E-state index contributed by atoms with van der Waals surface area (Å²) < 4.78 is 0. The van der Waals surface area contributed by atoms with Crippen LogP contribution in [0.25, 0.3) is 11.6 Å². The maximum Gasteiger partial charge on any atom is 0.256 e. The first-order chi connectivity index (χ1) is 18.3. The van der Waals surface area contributed by atoms with E-state index in [1.54, 1.807) is 17.8 Å². The lowest BCUT2D eigenvalue weighted by atomic mass is 10.0. The third-order valence-electron chi connectivity index (χ3n) is 6.84. The Morgan fingerprint density at radius 3 is 2.68 bits per heavy atom. The van der Waals surface area contributed by atoms with Crippen LogP contribution in [0.15, 0.2) is 47.4 Å². The third kappa shape index (κ3) is 6.01. The van der Waals surface area contributed by atoms with Gasteiger partial charge in [-0.1, -0.05) is 26.0 Å². The monoisotopic (exact) mass is 527 g/mol. The number of amides is 2. The number of fused-ring (bicyclic) bond motifs is 1. The number of carbonyl (C=O) groups is 2. The van der Waals surface area contributed by atoms with Crippen LogP contribution in [0.5, 0.6) is 0 Å². The normalized spacial score (nSPS) is 13.5. The number of carbonyl (C=O) groups excluding carboxylic acids is 2. The highest BCUT2D eigenvalue weighted by atomic mass is 32.2. The highest BCUT2D eigenvalue weighted by Gasteiger charge is 2.26. The topological polar surface area (TPSA) is 101 Å². The molecule has 2 aromatic carbocycles. The number of benzene rings is 2. The number of hydrogen-bond acceptors (Lipinski definition) is 5. The van der Waals surface area contributed by atoms with Crippen molar-refractivity contribution < 1.29 is 9.59 Å². The molecule has 2 heterocycles. The summed E-state index contributed by atoms with van der Waals surface area (Å²) in [6.07, 6.45) is 1.83. The van der Waals surface area contributed by atoms with Crippen LogP contribution in [0.1, 0.15) is 57.8 Å². The van der Waals surface area contributed by atoms with Crippen LogP contribution in [0, 0.1) is 25.2 Å². The van der Waals surface area contributed by atoms with Crippen molar-refractivity contribution in [3.63, 3.8) is 0 Å². The quantitative estimate of drug-likeness (QED) is 0.243. The molecular weight excluding hydrogens is 494 g/mol. The zero-order valence-electron chi connectivity index (χ0n) is 22.3. The van der Waals surface area contributed by atoms with Crippen molar-refractivity contribution >= 4 is 40.9 Å². The molecule has 0 saturated heterocycles. The number of nitrogens with one attached hydrogen (secondary N) is 3. The standard InChI is InChI=1S/C30H33N5O2S/c1-5-35(6-2)13-12-32-30(37)28-19(3)27(33-20(28)4)16-25-24-15-23(10-11-26(24)34-29(25)36)38-18-22-9-7-8-21(14-22)17-31/h7-11,14-16,33H,5-6,12-13,18H2,1-4H3,(H,32,37)(H,34,36)/b25-16-. The number of aryl methyl sites for hydroxylation is 1. The van der Waals surface area contributed by atoms with Crippen molar-refractivity contribution in [2.75, 3.05) is 31.5 Å². The molecule has 2 amide bonds. The number of nitrogens with zero attached hydrogens (tertiary/aromatic N) is 2. The lowest BCUT2D eigenvalue weighted by molar-refractivity contribution is -0.110. The van der Waals surface area contributed by atoms with Crippen molar-refractivity contribution in [1.82, 2.24) is 15.2 Å². The predicted molar refractivity (Wildman–Crippen MR) is 154 cm³/mol. The largest absolute Gasteiger partial charge is 0.358 e. The summed E-state index contributed by atoms with van der Waals surface area (Å²) in [5.74, 6) is 0.445. The van der Waals surface area contributed by atoms with Gasteiger partial charge in [0.1, 0.15) is 0 Å². The van der Waals surface area contributed by atoms with Gasteiger partial charge >= 0.3 is 0 Å². The molecule has 1 aromatic heterocycles. The van der Waals surface area contributed by atoms with E-state index in [0.29, 0.717) is 23.2 Å². The Bertz CT molecular complexity index is 1430. The average Bonchev–Trinajstić information content (AvgIpc) is 3.39. The molecule has 3 aromatic rings. The van der Waals surface area contributed by atoms with Gasteiger partial charge in [-0.15, -0.1) is 11.8 Å². The molecule has 0 radical (unpaired) electrons. The number of thioether (sulfide) groups is 1. The van der Waals surface area contributed by atoms with Gasteiger partial charge in [0.15, 0.2) is 0 Å². The summed E-state index contributed by atoms with van der Waals surface area (Å²) >= 11 is 1.65. The van der Waals surface area contributed by atoms with E-state index in [1.165, 1.54) is 0 Å². The van der Waals surface area contributed by atoms with Crippen LogP contribution in [-0.2, 0) is 10.5 Å². The van der Waals surface area contributed by atoms with Crippen molar-refractivity contribution in [3.8, 4) is 6.07 Å². The van der Waals surface area contributed by atoms with Gasteiger partial charge in [0.25, 0.3) is 11.8 Å². The number of rotatable bonds is 10. The maximum absolute atomic E-state index is 13.0. The average molecular weight is 528 g/mol. The van der Waals surface area contributed by atoms with Gasteiger partial charge in [0, 0.05) is 46.4 Å². The molecule has 8 heteroatoms. The minimum absolute atomic E-state index is 0.108. The number of hydrogen-bond donors (Lipinski definition) is 3. The number of aromatic nitrogens is 1. The number of aromatic amines is 1. The summed E-state index contributed by atoms with van der Waals surface area (Å²) in [4.78, 5) is 32.4. The predicted octanol–water partition coefficient (Wildman–Crippen LogP) is 5.36. The molecule has 0 fully saturated rings. The van der Waals surface area contributed by atoms with Gasteiger partial charge in [-0.3, -0.25) is 9.59 Å². The van der Waals surface area contributed by atoms with E-state index >= 15 is 0 Å². The molecule has 1 aliphatic heterocycles. The smallest absolute Gasteiger partial charge is 0.256 e. The fraction of sp³-hybridized carbons (Fsp3) is 0.300. The van der Waals surface area contributed by atoms with Gasteiger partial charge in [0.05, 0.1) is 22.8 Å². The Morgan fingerprint density at radius 1 is 1.16 bits per heavy atom. The minimum atomic E-state index is -0.166. The van der Waals surface area contributed by atoms with Gasteiger partial charge in [0.2, 0.25) is 0 Å². The minimum Gasteiger partial charge on any atom is -0.358 e. The lowest BCUT2D eigenvalue weighted by Crippen LogP contribution is -2.35. The molecule has 0 atom stereocenters. The summed E-state index contributed by atoms with van der Waals surface area (Å²) in [7, 11) is 0. The molecule has 7 nitrogen and oxygen atoms in total. The molecule has 1 aliphatic rings. The first kappa shape index (κ1) is 27.2. The fourth-order valence-corrected chi connectivity index (χ4v) is 5.54. The van der Waals surface area contributed by atoms with E-state index in [-0.39, 0.29) is 11.8 Å². The molecule has 38 heavy (non-hydrogen) atoms. The Hall–Kier alpha value is -3.80. The summed E-state index contributed by atoms with van der Waals surface area (Å²) in [6, 6.07) is 15.7. The Kier molecular flexibility index (Phi) is 8.72. The molecule has 0 aliphatic carbocycles. The molecule has 0 saturated carbocycles. The van der Waals surface area contributed by atoms with Gasteiger partial charge in [-0.2, -0.15) is 5.26 Å². The highest BCUT2D eigenvalue weighted by molar-refractivity contribution is 7.98. The van der Waals surface area contributed by atoms with Crippen molar-refractivity contribution in [2.45, 2.75) is 38.3 Å². The molecule has 3 N–H and O–H groups in total. The third-order valence-corrected chi connectivity index (χ3v) is 7.90. The second-order valence-electron chi connectivity index (χ2n) is 9.27. The van der Waals surface area contributed by atoms with E-state index in [0.717, 1.165) is 64.0 Å². The highest BCUT2D eigenvalue weighted by Crippen LogP contribution is 2.37. The second kappa shape index (κ2) is 12.2. The number of nitriles is 1. The van der Waals surface area contributed by atoms with Crippen molar-refractivity contribution in [3.05, 3.63) is 81.7 Å². The lowest BCUT2D eigenvalue weighted by Gasteiger charge is -2.18. The summed E-state index contributed by atoms with van der Waals surface area (Å²) in [6.45, 7) is 11.3. The fourth-order valence-electron chi connectivity index (χ4n) is 4.66. The second-order valence-corrected chi connectivity index (χ2v) is 10.3. The Balaban J connectivity index is 1.53. The van der Waals surface area contributed by atoms with Crippen molar-refractivity contribution in [2.24, 2.45) is 0 Å². The molecule has 0 spiro atoms. The van der Waals surface area contributed by atoms with Crippen LogP contribution >= 0.6 is 11.8 Å². The van der Waals surface area contributed by atoms with Gasteiger partial charge < -0.3 is 20.5 Å². The van der Waals surface area contributed by atoms with E-state index in [1.807, 2.05) is 56.3 Å². The van der Waals surface area contributed by atoms with E-state index < -0.39 is 0 Å². The van der Waals surface area contributed by atoms with Crippen LogP contribution in [0.3, 0.4) is 0 Å². The first-order valence-electron chi connectivity index (χ1n) is 12.8. The first-order valence-corrected chi connectivity index (χ1v) is 13.8. The zero-order chi connectivity index (χ0) is 27.2. The van der Waals surface area contributed by atoms with E-state index in [2.05, 4.69) is 40.4 Å². The van der Waals surface area contributed by atoms with Gasteiger partial charge in [-0.25, -0.2) is 0 Å².